The summed E-state index contributed by atoms with van der Waals surface area (Å²) >= 11 is 0. The first-order valence-corrected chi connectivity index (χ1v) is 4.45. The second kappa shape index (κ2) is 7.25. The number of rotatable bonds is 7. The molecule has 0 saturated heterocycles. The van der Waals surface area contributed by atoms with Crippen LogP contribution in [0.25, 0.3) is 0 Å². The molecule has 0 aliphatic carbocycles. The monoisotopic (exact) mass is 237 g/mol. The van der Waals surface area contributed by atoms with Gasteiger partial charge in [-0.05, 0) is 0 Å². The zero-order valence-electron chi connectivity index (χ0n) is 8.34. The molecule has 0 radical (unpaired) electrons. The normalized spacial score (nSPS) is 19.3. The molecule has 8 nitrogen and oxygen atoms in total. The highest BCUT2D eigenvalue weighted by Crippen LogP contribution is 2.03. The summed E-state index contributed by atoms with van der Waals surface area (Å²) in [5.41, 5.74) is 0. The molecule has 16 heavy (non-hydrogen) atoms. The lowest BCUT2D eigenvalue weighted by atomic mass is 10.0. The fourth-order valence-corrected chi connectivity index (χ4v) is 0.865. The van der Waals surface area contributed by atoms with Crippen LogP contribution in [0.1, 0.15) is 0 Å². The summed E-state index contributed by atoms with van der Waals surface area (Å²) in [6.07, 6.45) is -6.00. The fourth-order valence-electron chi connectivity index (χ4n) is 0.865. The number of nitrogens with zero attached hydrogens (tertiary/aromatic N) is 1. The molecule has 6 N–H and O–H groups in total. The number of aliphatic hydroxyl groups excluding tert-OH is 5. The molecule has 0 fully saturated rings. The smallest absolute Gasteiger partial charge is 0.325 e. The van der Waals surface area contributed by atoms with Crippen LogP contribution in [0.15, 0.2) is 4.99 Å². The van der Waals surface area contributed by atoms with Gasteiger partial charge in [-0.25, -0.2) is 0 Å². The standard InChI is InChI=1S/C8H15NO7/c10-3-5(12)8(16)7(15)4(11)1-9-2-6(13)14/h1,4-5,7-8,10-12,15-16H,2-3H2,(H,13,14)/t4-,5+,7-,8+/m1/s1. The Morgan fingerprint density at radius 3 is 2.19 bits per heavy atom. The Labute approximate surface area is 91.1 Å². The van der Waals surface area contributed by atoms with Crippen molar-refractivity contribution in [3.63, 3.8) is 0 Å². The molecule has 0 aliphatic heterocycles. The van der Waals surface area contributed by atoms with E-state index in [1.165, 1.54) is 0 Å². The van der Waals surface area contributed by atoms with Crippen molar-refractivity contribution in [3.05, 3.63) is 0 Å². The quantitative estimate of drug-likeness (QED) is 0.252. The molecule has 0 aliphatic rings. The second-order valence-corrected chi connectivity index (χ2v) is 3.11. The van der Waals surface area contributed by atoms with Crippen LogP contribution in [0, 0.1) is 0 Å². The van der Waals surface area contributed by atoms with Crippen molar-refractivity contribution in [2.75, 3.05) is 13.2 Å². The molecule has 0 aromatic carbocycles. The second-order valence-electron chi connectivity index (χ2n) is 3.11. The van der Waals surface area contributed by atoms with Crippen molar-refractivity contribution in [2.45, 2.75) is 24.4 Å². The van der Waals surface area contributed by atoms with Gasteiger partial charge in [0.2, 0.25) is 0 Å². The van der Waals surface area contributed by atoms with E-state index < -0.39 is 43.5 Å². The maximum absolute atomic E-state index is 10.1. The van der Waals surface area contributed by atoms with Crippen LogP contribution in [-0.4, -0.2) is 80.4 Å². The molecule has 4 atom stereocenters. The highest BCUT2D eigenvalue weighted by Gasteiger charge is 2.28. The number of carboxylic acids is 1. The molecule has 0 spiro atoms. The third-order valence-electron chi connectivity index (χ3n) is 1.77. The van der Waals surface area contributed by atoms with Crippen molar-refractivity contribution in [3.8, 4) is 0 Å². The highest BCUT2D eigenvalue weighted by molar-refractivity contribution is 5.73. The van der Waals surface area contributed by atoms with Gasteiger partial charge in [-0.2, -0.15) is 0 Å². The van der Waals surface area contributed by atoms with E-state index in [-0.39, 0.29) is 0 Å². The Morgan fingerprint density at radius 1 is 1.19 bits per heavy atom. The first-order valence-electron chi connectivity index (χ1n) is 4.45. The van der Waals surface area contributed by atoms with Gasteiger partial charge in [-0.3, -0.25) is 9.79 Å². The maximum atomic E-state index is 10.1. The van der Waals surface area contributed by atoms with E-state index in [2.05, 4.69) is 4.99 Å². The summed E-state index contributed by atoms with van der Waals surface area (Å²) < 4.78 is 0. The van der Waals surface area contributed by atoms with E-state index in [9.17, 15) is 15.0 Å². The molecule has 0 rings (SSSR count). The minimum atomic E-state index is -1.76. The maximum Gasteiger partial charge on any atom is 0.325 e. The van der Waals surface area contributed by atoms with Gasteiger partial charge >= 0.3 is 5.97 Å². The Balaban J connectivity index is 4.21. The molecule has 0 amide bonds. The molecular formula is C8H15NO7. The van der Waals surface area contributed by atoms with Crippen LogP contribution in [0.2, 0.25) is 0 Å². The lowest BCUT2D eigenvalue weighted by Gasteiger charge is -2.23. The predicted octanol–water partition coefficient (Wildman–Crippen LogP) is -3.42. The summed E-state index contributed by atoms with van der Waals surface area (Å²) in [4.78, 5) is 13.3. The molecule has 0 aromatic heterocycles. The molecule has 94 valence electrons. The SMILES string of the molecule is O=C(O)CN=C[C@@H](O)[C@@H](O)[C@@H](O)[C@@H](O)CO. The minimum Gasteiger partial charge on any atom is -0.480 e. The number of aliphatic imine (C=N–C) groups is 1. The number of aliphatic carboxylic acids is 1. The largest absolute Gasteiger partial charge is 0.480 e. The van der Waals surface area contributed by atoms with Gasteiger partial charge in [0.25, 0.3) is 0 Å². The van der Waals surface area contributed by atoms with Gasteiger partial charge in [-0.15, -0.1) is 0 Å². The Kier molecular flexibility index (Phi) is 6.77. The van der Waals surface area contributed by atoms with Crippen molar-refractivity contribution < 1.29 is 35.4 Å². The number of carboxylic acid groups (broad SMARTS) is 1. The topological polar surface area (TPSA) is 151 Å². The van der Waals surface area contributed by atoms with Crippen LogP contribution in [0.3, 0.4) is 0 Å². The summed E-state index contributed by atoms with van der Waals surface area (Å²) in [6.45, 7) is -1.36. The Hall–Kier alpha value is -1.06. The Morgan fingerprint density at radius 2 is 1.75 bits per heavy atom. The molecular weight excluding hydrogens is 222 g/mol. The lowest BCUT2D eigenvalue weighted by Crippen LogP contribution is -2.46. The number of aliphatic hydroxyl groups is 5. The number of hydrogen-bond donors (Lipinski definition) is 6. The van der Waals surface area contributed by atoms with Crippen LogP contribution >= 0.6 is 0 Å². The first kappa shape index (κ1) is 14.9. The van der Waals surface area contributed by atoms with Crippen LogP contribution in [0.5, 0.6) is 0 Å². The van der Waals surface area contributed by atoms with Crippen LogP contribution in [-0.2, 0) is 4.79 Å². The van der Waals surface area contributed by atoms with E-state index in [4.69, 9.17) is 20.4 Å². The molecule has 0 bridgehead atoms. The average Bonchev–Trinajstić information content (AvgIpc) is 2.25. The van der Waals surface area contributed by atoms with Crippen molar-refractivity contribution in [1.82, 2.24) is 0 Å². The molecule has 8 heteroatoms. The van der Waals surface area contributed by atoms with Crippen molar-refractivity contribution >= 4 is 12.2 Å². The van der Waals surface area contributed by atoms with Gasteiger partial charge in [0.1, 0.15) is 31.0 Å². The van der Waals surface area contributed by atoms with E-state index in [0.717, 1.165) is 6.21 Å². The first-order chi connectivity index (χ1) is 7.40. The molecule has 0 heterocycles. The minimum absolute atomic E-state index is 0.581. The van der Waals surface area contributed by atoms with Crippen LogP contribution in [0.4, 0.5) is 0 Å². The van der Waals surface area contributed by atoms with Gasteiger partial charge in [0, 0.05) is 6.21 Å². The summed E-state index contributed by atoms with van der Waals surface area (Å²) in [5.74, 6) is -1.21. The van der Waals surface area contributed by atoms with Crippen LogP contribution < -0.4 is 0 Å². The molecule has 0 saturated carbocycles. The number of carbonyl (C=O) groups is 1. The zero-order chi connectivity index (χ0) is 12.7. The zero-order valence-corrected chi connectivity index (χ0v) is 8.34. The fraction of sp³-hybridized carbons (Fsp3) is 0.750. The molecule has 0 unspecified atom stereocenters. The van der Waals surface area contributed by atoms with Crippen molar-refractivity contribution in [2.24, 2.45) is 4.99 Å². The third kappa shape index (κ3) is 5.14. The number of hydrogen-bond acceptors (Lipinski definition) is 7. The van der Waals surface area contributed by atoms with E-state index in [1.807, 2.05) is 0 Å². The highest BCUT2D eigenvalue weighted by atomic mass is 16.4. The summed E-state index contributed by atoms with van der Waals surface area (Å²) in [7, 11) is 0. The van der Waals surface area contributed by atoms with Gasteiger partial charge in [0.15, 0.2) is 0 Å². The average molecular weight is 237 g/mol. The van der Waals surface area contributed by atoms with Gasteiger partial charge in [-0.1, -0.05) is 0 Å². The summed E-state index contributed by atoms with van der Waals surface area (Å²) in [6, 6.07) is 0. The summed E-state index contributed by atoms with van der Waals surface area (Å²) in [5, 5.41) is 53.3. The van der Waals surface area contributed by atoms with Gasteiger partial charge < -0.3 is 30.6 Å². The van der Waals surface area contributed by atoms with E-state index in [0.29, 0.717) is 0 Å². The van der Waals surface area contributed by atoms with Gasteiger partial charge in [0.05, 0.1) is 6.61 Å². The van der Waals surface area contributed by atoms with Crippen molar-refractivity contribution in [1.29, 1.82) is 0 Å². The third-order valence-corrected chi connectivity index (χ3v) is 1.77. The van der Waals surface area contributed by atoms with E-state index >= 15 is 0 Å². The van der Waals surface area contributed by atoms with E-state index in [1.54, 1.807) is 0 Å². The lowest BCUT2D eigenvalue weighted by molar-refractivity contribution is -0.135. The molecule has 0 aromatic rings. The predicted molar refractivity (Wildman–Crippen MR) is 52.1 cm³/mol. The Bertz CT molecular complexity index is 245.